The molecule has 0 radical (unpaired) electrons. The van der Waals surface area contributed by atoms with E-state index in [4.69, 9.17) is 9.52 Å². The van der Waals surface area contributed by atoms with Crippen molar-refractivity contribution in [2.75, 3.05) is 13.6 Å². The van der Waals surface area contributed by atoms with Crippen LogP contribution in [0.25, 0.3) is 11.5 Å². The van der Waals surface area contributed by atoms with Crippen molar-refractivity contribution in [1.29, 1.82) is 0 Å². The van der Waals surface area contributed by atoms with Crippen molar-refractivity contribution < 1.29 is 19.1 Å². The summed E-state index contributed by atoms with van der Waals surface area (Å²) in [6, 6.07) is 5.05. The van der Waals surface area contributed by atoms with E-state index in [2.05, 4.69) is 10.2 Å². The quantitative estimate of drug-likeness (QED) is 0.862. The summed E-state index contributed by atoms with van der Waals surface area (Å²) in [5.74, 6) is -1.33. The van der Waals surface area contributed by atoms with Crippen LogP contribution in [0.3, 0.4) is 0 Å². The standard InChI is InChI=1S/C13H15N3O4/c1-8(13(18)19)7-16(2)12(17)10-6-9(14-15-10)11-4-3-5-20-11/h3-6,8H,7H2,1-2H3,(H,14,15)(H,18,19). The van der Waals surface area contributed by atoms with Crippen LogP contribution in [0, 0.1) is 5.92 Å². The fourth-order valence-corrected chi connectivity index (χ4v) is 1.76. The Morgan fingerprint density at radius 2 is 2.30 bits per heavy atom. The van der Waals surface area contributed by atoms with E-state index < -0.39 is 11.9 Å². The number of hydrogen-bond donors (Lipinski definition) is 2. The van der Waals surface area contributed by atoms with E-state index in [0.29, 0.717) is 11.5 Å². The van der Waals surface area contributed by atoms with Crippen molar-refractivity contribution in [3.05, 3.63) is 30.2 Å². The van der Waals surface area contributed by atoms with Crippen LogP contribution < -0.4 is 0 Å². The third-order valence-corrected chi connectivity index (χ3v) is 2.90. The van der Waals surface area contributed by atoms with Crippen LogP contribution in [0.2, 0.25) is 0 Å². The molecule has 7 heteroatoms. The number of carbonyl (C=O) groups excluding carboxylic acids is 1. The molecule has 2 aromatic heterocycles. The van der Waals surface area contributed by atoms with E-state index in [1.165, 1.54) is 11.2 Å². The Morgan fingerprint density at radius 3 is 2.90 bits per heavy atom. The van der Waals surface area contributed by atoms with Crippen LogP contribution in [-0.4, -0.2) is 45.7 Å². The fraction of sp³-hybridized carbons (Fsp3) is 0.308. The summed E-state index contributed by atoms with van der Waals surface area (Å²) in [6.07, 6.45) is 1.53. The molecule has 1 atom stereocenters. The van der Waals surface area contributed by atoms with Gasteiger partial charge < -0.3 is 14.4 Å². The van der Waals surface area contributed by atoms with Crippen molar-refractivity contribution in [2.45, 2.75) is 6.92 Å². The molecule has 2 N–H and O–H groups in total. The lowest BCUT2D eigenvalue weighted by Crippen LogP contribution is -2.33. The first kappa shape index (κ1) is 13.9. The monoisotopic (exact) mass is 277 g/mol. The average Bonchev–Trinajstić information content (AvgIpc) is 3.07. The number of furan rings is 1. The Hall–Kier alpha value is -2.57. The molecule has 0 fully saturated rings. The number of aliphatic carboxylic acids is 1. The van der Waals surface area contributed by atoms with E-state index >= 15 is 0 Å². The Balaban J connectivity index is 2.08. The van der Waals surface area contributed by atoms with E-state index in [1.54, 1.807) is 32.2 Å². The van der Waals surface area contributed by atoms with Crippen LogP contribution in [0.1, 0.15) is 17.4 Å². The van der Waals surface area contributed by atoms with E-state index in [0.717, 1.165) is 0 Å². The van der Waals surface area contributed by atoms with Crippen LogP contribution >= 0.6 is 0 Å². The van der Waals surface area contributed by atoms with Crippen LogP contribution in [0.15, 0.2) is 28.9 Å². The Labute approximate surface area is 115 Å². The number of nitrogens with one attached hydrogen (secondary N) is 1. The second-order valence-corrected chi connectivity index (χ2v) is 4.57. The van der Waals surface area contributed by atoms with Gasteiger partial charge in [-0.3, -0.25) is 14.7 Å². The van der Waals surface area contributed by atoms with Crippen LogP contribution in [-0.2, 0) is 4.79 Å². The average molecular weight is 277 g/mol. The molecular weight excluding hydrogens is 262 g/mol. The van der Waals surface area contributed by atoms with Gasteiger partial charge in [0.05, 0.1) is 12.2 Å². The summed E-state index contributed by atoms with van der Waals surface area (Å²) in [5.41, 5.74) is 0.814. The molecule has 0 aliphatic rings. The Kier molecular flexibility index (Phi) is 3.88. The lowest BCUT2D eigenvalue weighted by Gasteiger charge is -2.18. The number of aromatic amines is 1. The lowest BCUT2D eigenvalue weighted by atomic mass is 10.1. The van der Waals surface area contributed by atoms with Gasteiger partial charge in [-0.25, -0.2) is 0 Å². The van der Waals surface area contributed by atoms with E-state index in [1.807, 2.05) is 0 Å². The summed E-state index contributed by atoms with van der Waals surface area (Å²) in [7, 11) is 1.54. The first-order valence-electron chi connectivity index (χ1n) is 6.06. The molecule has 7 nitrogen and oxygen atoms in total. The first-order valence-corrected chi connectivity index (χ1v) is 6.06. The largest absolute Gasteiger partial charge is 0.481 e. The minimum absolute atomic E-state index is 0.122. The van der Waals surface area contributed by atoms with Gasteiger partial charge in [-0.15, -0.1) is 0 Å². The zero-order chi connectivity index (χ0) is 14.7. The maximum atomic E-state index is 12.1. The molecule has 106 valence electrons. The molecule has 0 aliphatic carbocycles. The third kappa shape index (κ3) is 2.87. The Morgan fingerprint density at radius 1 is 1.55 bits per heavy atom. The molecule has 0 aliphatic heterocycles. The van der Waals surface area contributed by atoms with Crippen LogP contribution in [0.4, 0.5) is 0 Å². The minimum atomic E-state index is -0.942. The molecule has 2 heterocycles. The molecule has 0 bridgehead atoms. The molecule has 2 aromatic rings. The van der Waals surface area contributed by atoms with Gasteiger partial charge >= 0.3 is 5.97 Å². The smallest absolute Gasteiger partial charge is 0.308 e. The van der Waals surface area contributed by atoms with Crippen molar-refractivity contribution in [2.24, 2.45) is 5.92 Å². The lowest BCUT2D eigenvalue weighted by molar-refractivity contribution is -0.141. The zero-order valence-corrected chi connectivity index (χ0v) is 11.2. The highest BCUT2D eigenvalue weighted by Gasteiger charge is 2.21. The number of amides is 1. The van der Waals surface area contributed by atoms with Gasteiger partial charge in [0.25, 0.3) is 5.91 Å². The minimum Gasteiger partial charge on any atom is -0.481 e. The highest BCUT2D eigenvalue weighted by molar-refractivity contribution is 5.93. The summed E-state index contributed by atoms with van der Waals surface area (Å²) in [6.45, 7) is 1.67. The molecule has 2 rings (SSSR count). The number of H-pyrrole nitrogens is 1. The zero-order valence-electron chi connectivity index (χ0n) is 11.2. The predicted molar refractivity (Wildman–Crippen MR) is 70.1 cm³/mol. The number of carboxylic acid groups (broad SMARTS) is 1. The van der Waals surface area contributed by atoms with Gasteiger partial charge in [0.2, 0.25) is 0 Å². The first-order chi connectivity index (χ1) is 9.49. The maximum absolute atomic E-state index is 12.1. The molecular formula is C13H15N3O4. The van der Waals surface area contributed by atoms with Crippen molar-refractivity contribution in [3.63, 3.8) is 0 Å². The van der Waals surface area contributed by atoms with Crippen LogP contribution in [0.5, 0.6) is 0 Å². The normalized spacial score (nSPS) is 12.1. The molecule has 1 unspecified atom stereocenters. The number of carbonyl (C=O) groups is 2. The SMILES string of the molecule is CC(CN(C)C(=O)c1cc(-c2ccco2)[nH]n1)C(=O)O. The number of aromatic nitrogens is 2. The second-order valence-electron chi connectivity index (χ2n) is 4.57. The van der Waals surface area contributed by atoms with Gasteiger partial charge in [-0.05, 0) is 12.1 Å². The molecule has 0 saturated heterocycles. The Bertz CT molecular complexity index is 603. The van der Waals surface area contributed by atoms with Gasteiger partial charge in [0.15, 0.2) is 11.5 Å². The second kappa shape index (κ2) is 5.60. The maximum Gasteiger partial charge on any atom is 0.308 e. The summed E-state index contributed by atoms with van der Waals surface area (Å²) in [5, 5.41) is 15.5. The molecule has 20 heavy (non-hydrogen) atoms. The summed E-state index contributed by atoms with van der Waals surface area (Å²) in [4.78, 5) is 24.2. The summed E-state index contributed by atoms with van der Waals surface area (Å²) < 4.78 is 5.20. The number of carboxylic acids is 1. The topological polar surface area (TPSA) is 99.4 Å². The number of hydrogen-bond acceptors (Lipinski definition) is 4. The highest BCUT2D eigenvalue weighted by Crippen LogP contribution is 2.18. The predicted octanol–water partition coefficient (Wildman–Crippen LogP) is 1.46. The molecule has 0 spiro atoms. The molecule has 1 amide bonds. The van der Waals surface area contributed by atoms with E-state index in [9.17, 15) is 9.59 Å². The summed E-state index contributed by atoms with van der Waals surface area (Å²) >= 11 is 0. The number of rotatable bonds is 5. The molecule has 0 aromatic carbocycles. The van der Waals surface area contributed by atoms with Crippen molar-refractivity contribution >= 4 is 11.9 Å². The molecule has 0 saturated carbocycles. The van der Waals surface area contributed by atoms with Gasteiger partial charge in [-0.2, -0.15) is 5.10 Å². The van der Waals surface area contributed by atoms with Gasteiger partial charge in [0.1, 0.15) is 5.69 Å². The van der Waals surface area contributed by atoms with Gasteiger partial charge in [-0.1, -0.05) is 6.92 Å². The fourth-order valence-electron chi connectivity index (χ4n) is 1.76. The van der Waals surface area contributed by atoms with E-state index in [-0.39, 0.29) is 18.1 Å². The van der Waals surface area contributed by atoms with Gasteiger partial charge in [0, 0.05) is 19.7 Å². The van der Waals surface area contributed by atoms with Crippen molar-refractivity contribution in [3.8, 4) is 11.5 Å². The highest BCUT2D eigenvalue weighted by atomic mass is 16.4. The van der Waals surface area contributed by atoms with Crippen molar-refractivity contribution in [1.82, 2.24) is 15.1 Å². The number of nitrogens with zero attached hydrogens (tertiary/aromatic N) is 2. The third-order valence-electron chi connectivity index (χ3n) is 2.90.